The lowest BCUT2D eigenvalue weighted by Gasteiger charge is -2.19. The lowest BCUT2D eigenvalue weighted by Crippen LogP contribution is -2.17. The quantitative estimate of drug-likeness (QED) is 0.129. The molecule has 0 saturated heterocycles. The van der Waals surface area contributed by atoms with Gasteiger partial charge in [0.25, 0.3) is 0 Å². The van der Waals surface area contributed by atoms with Gasteiger partial charge in [-0.2, -0.15) is 4.89 Å². The van der Waals surface area contributed by atoms with E-state index in [-0.39, 0.29) is 12.6 Å². The SMILES string of the molecule is CCCCCCCCCCCCCCCCCC(CCCC)C/C1=C/OCCOOC1=O. The average Bonchev–Trinajstić information content (AvgIpc) is 2.79. The van der Waals surface area contributed by atoms with Crippen LogP contribution < -0.4 is 0 Å². The van der Waals surface area contributed by atoms with Gasteiger partial charge >= 0.3 is 5.97 Å². The van der Waals surface area contributed by atoms with Gasteiger partial charge in [-0.15, -0.1) is 0 Å². The molecule has 0 amide bonds. The minimum Gasteiger partial charge on any atom is -0.498 e. The molecule has 0 aliphatic carbocycles. The first-order valence-electron chi connectivity index (χ1n) is 13.9. The maximum absolute atomic E-state index is 12.1. The molecule has 0 N–H and O–H groups in total. The summed E-state index contributed by atoms with van der Waals surface area (Å²) >= 11 is 0. The Kier molecular flexibility index (Phi) is 19.8. The standard InChI is InChI=1S/C28H52O4/c1-3-5-7-8-9-10-11-12-13-14-15-16-17-18-19-21-26(20-6-4-2)24-27-25-30-22-23-31-32-28(27)29/h25-26H,3-24H2,1-2H3/b27-25-. The van der Waals surface area contributed by atoms with Crippen LogP contribution in [0.5, 0.6) is 0 Å². The van der Waals surface area contributed by atoms with E-state index in [1.165, 1.54) is 122 Å². The summed E-state index contributed by atoms with van der Waals surface area (Å²) in [5.41, 5.74) is 0.617. The van der Waals surface area contributed by atoms with Gasteiger partial charge < -0.3 is 4.74 Å². The van der Waals surface area contributed by atoms with Gasteiger partial charge in [0.1, 0.15) is 13.2 Å². The van der Waals surface area contributed by atoms with Crippen molar-refractivity contribution >= 4 is 5.97 Å². The second-order valence-corrected chi connectivity index (χ2v) is 9.66. The van der Waals surface area contributed by atoms with Crippen molar-refractivity contribution in [1.29, 1.82) is 0 Å². The van der Waals surface area contributed by atoms with E-state index in [9.17, 15) is 4.79 Å². The second-order valence-electron chi connectivity index (χ2n) is 9.66. The smallest absolute Gasteiger partial charge is 0.372 e. The van der Waals surface area contributed by atoms with Crippen molar-refractivity contribution in [2.24, 2.45) is 5.92 Å². The maximum atomic E-state index is 12.1. The molecule has 32 heavy (non-hydrogen) atoms. The van der Waals surface area contributed by atoms with Crippen molar-refractivity contribution in [3.8, 4) is 0 Å². The fraction of sp³-hybridized carbons (Fsp3) is 0.893. The van der Waals surface area contributed by atoms with Gasteiger partial charge in [-0.05, 0) is 12.3 Å². The number of hydrogen-bond donors (Lipinski definition) is 0. The predicted octanol–water partition coefficient (Wildman–Crippen LogP) is 8.83. The van der Waals surface area contributed by atoms with E-state index in [0.29, 0.717) is 18.1 Å². The van der Waals surface area contributed by atoms with E-state index < -0.39 is 0 Å². The van der Waals surface area contributed by atoms with E-state index >= 15 is 0 Å². The van der Waals surface area contributed by atoms with Crippen LogP contribution in [0.2, 0.25) is 0 Å². The molecule has 1 rings (SSSR count). The van der Waals surface area contributed by atoms with Crippen LogP contribution in [0.4, 0.5) is 0 Å². The van der Waals surface area contributed by atoms with E-state index in [2.05, 4.69) is 13.8 Å². The van der Waals surface area contributed by atoms with Crippen molar-refractivity contribution in [2.75, 3.05) is 13.2 Å². The summed E-state index contributed by atoms with van der Waals surface area (Å²) < 4.78 is 5.41. The van der Waals surface area contributed by atoms with Gasteiger partial charge in [0.15, 0.2) is 0 Å². The Morgan fingerprint density at radius 3 is 1.75 bits per heavy atom. The third kappa shape index (κ3) is 16.6. The third-order valence-corrected chi connectivity index (χ3v) is 6.60. The average molecular weight is 453 g/mol. The number of unbranched alkanes of at least 4 members (excludes halogenated alkanes) is 15. The second kappa shape index (κ2) is 21.8. The van der Waals surface area contributed by atoms with Gasteiger partial charge in [-0.1, -0.05) is 136 Å². The Labute approximate surface area is 198 Å². The van der Waals surface area contributed by atoms with Crippen LogP contribution >= 0.6 is 0 Å². The first-order chi connectivity index (χ1) is 15.8. The van der Waals surface area contributed by atoms with Crippen LogP contribution in [0.25, 0.3) is 0 Å². The molecule has 1 unspecified atom stereocenters. The third-order valence-electron chi connectivity index (χ3n) is 6.60. The highest BCUT2D eigenvalue weighted by Gasteiger charge is 2.20. The fourth-order valence-electron chi connectivity index (χ4n) is 4.53. The molecule has 1 heterocycles. The first-order valence-corrected chi connectivity index (χ1v) is 13.9. The largest absolute Gasteiger partial charge is 0.498 e. The van der Waals surface area contributed by atoms with Crippen LogP contribution in [-0.2, 0) is 19.3 Å². The Balaban J connectivity index is 2.04. The summed E-state index contributed by atoms with van der Waals surface area (Å²) in [6.45, 7) is 5.22. The zero-order chi connectivity index (χ0) is 23.1. The van der Waals surface area contributed by atoms with Crippen molar-refractivity contribution in [3.05, 3.63) is 11.8 Å². The van der Waals surface area contributed by atoms with Crippen LogP contribution in [0.15, 0.2) is 11.8 Å². The molecule has 4 heteroatoms. The minimum absolute atomic E-state index is 0.286. The highest BCUT2D eigenvalue weighted by Crippen LogP contribution is 2.26. The summed E-state index contributed by atoms with van der Waals surface area (Å²) in [4.78, 5) is 21.8. The first kappa shape index (κ1) is 29.0. The Hall–Kier alpha value is -1.03. The van der Waals surface area contributed by atoms with Crippen molar-refractivity contribution in [2.45, 2.75) is 142 Å². The van der Waals surface area contributed by atoms with Crippen LogP contribution in [0.3, 0.4) is 0 Å². The zero-order valence-corrected chi connectivity index (χ0v) is 21.3. The van der Waals surface area contributed by atoms with Crippen LogP contribution in [0.1, 0.15) is 142 Å². The molecule has 188 valence electrons. The molecule has 1 atom stereocenters. The molecule has 0 aromatic carbocycles. The van der Waals surface area contributed by atoms with E-state index in [0.717, 1.165) is 6.42 Å². The number of ether oxygens (including phenoxy) is 1. The number of carbonyl (C=O) groups excluding carboxylic acids is 1. The molecule has 4 nitrogen and oxygen atoms in total. The van der Waals surface area contributed by atoms with Gasteiger partial charge in [0.05, 0.1) is 11.8 Å². The molecule has 1 aliphatic heterocycles. The lowest BCUT2D eigenvalue weighted by molar-refractivity contribution is -0.273. The maximum Gasteiger partial charge on any atom is 0.372 e. The molecule has 0 bridgehead atoms. The van der Waals surface area contributed by atoms with Gasteiger partial charge in [-0.25, -0.2) is 4.79 Å². The Bertz CT molecular complexity index is 460. The van der Waals surface area contributed by atoms with E-state index in [4.69, 9.17) is 14.5 Å². The molecule has 0 aromatic rings. The summed E-state index contributed by atoms with van der Waals surface area (Å²) in [5.74, 6) is 0.140. The van der Waals surface area contributed by atoms with Crippen molar-refractivity contribution in [3.63, 3.8) is 0 Å². The van der Waals surface area contributed by atoms with Gasteiger partial charge in [0.2, 0.25) is 0 Å². The number of carbonyl (C=O) groups is 1. The van der Waals surface area contributed by atoms with Gasteiger partial charge in [-0.3, -0.25) is 4.89 Å². The molecule has 0 spiro atoms. The van der Waals surface area contributed by atoms with E-state index in [1.54, 1.807) is 6.26 Å². The normalized spacial score (nSPS) is 17.1. The fourth-order valence-corrected chi connectivity index (χ4v) is 4.53. The number of hydrogen-bond acceptors (Lipinski definition) is 4. The molecule has 0 aromatic heterocycles. The minimum atomic E-state index is -0.386. The highest BCUT2D eigenvalue weighted by atomic mass is 17.2. The zero-order valence-electron chi connectivity index (χ0n) is 21.3. The summed E-state index contributed by atoms with van der Waals surface area (Å²) in [6, 6.07) is 0. The van der Waals surface area contributed by atoms with Crippen LogP contribution in [0, 0.1) is 5.92 Å². The Morgan fingerprint density at radius 1 is 0.688 bits per heavy atom. The molecule has 1 aliphatic rings. The molecule has 0 saturated carbocycles. The van der Waals surface area contributed by atoms with Crippen molar-refractivity contribution in [1.82, 2.24) is 0 Å². The molecule has 0 radical (unpaired) electrons. The number of rotatable bonds is 21. The Morgan fingerprint density at radius 2 is 1.19 bits per heavy atom. The topological polar surface area (TPSA) is 44.8 Å². The summed E-state index contributed by atoms with van der Waals surface area (Å²) in [5, 5.41) is 0. The van der Waals surface area contributed by atoms with Crippen LogP contribution in [-0.4, -0.2) is 19.2 Å². The lowest BCUT2D eigenvalue weighted by atomic mass is 9.89. The highest BCUT2D eigenvalue weighted by molar-refractivity contribution is 5.87. The molecule has 0 fully saturated rings. The monoisotopic (exact) mass is 452 g/mol. The van der Waals surface area contributed by atoms with E-state index in [1.807, 2.05) is 0 Å². The predicted molar refractivity (Wildman–Crippen MR) is 133 cm³/mol. The summed E-state index contributed by atoms with van der Waals surface area (Å²) in [7, 11) is 0. The molecular formula is C28H52O4. The van der Waals surface area contributed by atoms with Gasteiger partial charge in [0, 0.05) is 0 Å². The molecular weight excluding hydrogens is 400 g/mol. The summed E-state index contributed by atoms with van der Waals surface area (Å²) in [6.07, 6.45) is 28.0. The van der Waals surface area contributed by atoms with Crippen molar-refractivity contribution < 1.29 is 19.3 Å².